The molecule has 14 heavy (non-hydrogen) atoms. The average molecular weight is 305 g/mol. The fraction of sp³-hybridized carbons (Fsp3) is 0.455. The van der Waals surface area contributed by atoms with E-state index in [9.17, 15) is 4.39 Å². The number of halogens is 2. The third kappa shape index (κ3) is 2.38. The molecule has 1 nitrogen and oxygen atoms in total. The molecule has 0 radical (unpaired) electrons. The molecule has 1 aliphatic carbocycles. The van der Waals surface area contributed by atoms with Crippen LogP contribution in [0.3, 0.4) is 0 Å². The van der Waals surface area contributed by atoms with Crippen LogP contribution in [-0.4, -0.2) is 6.04 Å². The van der Waals surface area contributed by atoms with Gasteiger partial charge in [-0.05, 0) is 53.6 Å². The predicted molar refractivity (Wildman–Crippen MR) is 65.0 cm³/mol. The van der Waals surface area contributed by atoms with E-state index < -0.39 is 0 Å². The lowest BCUT2D eigenvalue weighted by molar-refractivity contribution is 0.626. The standard InChI is InChI=1S/C11H13FIN/c12-8-5-6-11(10(13)7-8)14-9-3-1-2-4-9/h5-7,9,14H,1-4H2. The van der Waals surface area contributed by atoms with Gasteiger partial charge in [0, 0.05) is 15.3 Å². The molecule has 0 bridgehead atoms. The Bertz CT molecular complexity index is 321. The lowest BCUT2D eigenvalue weighted by Gasteiger charge is -2.14. The number of rotatable bonds is 2. The van der Waals surface area contributed by atoms with E-state index in [1.807, 2.05) is 6.07 Å². The first-order chi connectivity index (χ1) is 6.75. The normalized spacial score (nSPS) is 17.3. The van der Waals surface area contributed by atoms with Crippen LogP contribution in [0, 0.1) is 9.39 Å². The molecule has 0 saturated heterocycles. The van der Waals surface area contributed by atoms with Crippen molar-refractivity contribution in [3.63, 3.8) is 0 Å². The van der Waals surface area contributed by atoms with E-state index >= 15 is 0 Å². The fourth-order valence-corrected chi connectivity index (χ4v) is 2.53. The van der Waals surface area contributed by atoms with E-state index in [4.69, 9.17) is 0 Å². The largest absolute Gasteiger partial charge is 0.381 e. The highest BCUT2D eigenvalue weighted by molar-refractivity contribution is 14.1. The van der Waals surface area contributed by atoms with Gasteiger partial charge in [0.25, 0.3) is 0 Å². The molecular weight excluding hydrogens is 292 g/mol. The van der Waals surface area contributed by atoms with E-state index in [0.717, 1.165) is 9.26 Å². The van der Waals surface area contributed by atoms with Crippen LogP contribution in [0.25, 0.3) is 0 Å². The van der Waals surface area contributed by atoms with Gasteiger partial charge in [-0.1, -0.05) is 12.8 Å². The Balaban J connectivity index is 2.08. The summed E-state index contributed by atoms with van der Waals surface area (Å²) in [5, 5.41) is 3.46. The Kier molecular flexibility index (Phi) is 3.26. The predicted octanol–water partition coefficient (Wildman–Crippen LogP) is 3.78. The Labute approximate surface area is 97.2 Å². The Morgan fingerprint density at radius 1 is 1.29 bits per heavy atom. The molecule has 0 aromatic heterocycles. The van der Waals surface area contributed by atoms with Crippen LogP contribution < -0.4 is 5.32 Å². The Hall–Kier alpha value is -0.320. The first kappa shape index (κ1) is 10.2. The lowest BCUT2D eigenvalue weighted by atomic mass is 10.2. The summed E-state index contributed by atoms with van der Waals surface area (Å²) in [7, 11) is 0. The van der Waals surface area contributed by atoms with Gasteiger partial charge in [0.1, 0.15) is 5.82 Å². The van der Waals surface area contributed by atoms with Gasteiger partial charge >= 0.3 is 0 Å². The SMILES string of the molecule is Fc1ccc(NC2CCCC2)c(I)c1. The molecule has 1 fully saturated rings. The van der Waals surface area contributed by atoms with Crippen molar-refractivity contribution in [2.75, 3.05) is 5.32 Å². The molecule has 0 amide bonds. The van der Waals surface area contributed by atoms with Gasteiger partial charge < -0.3 is 5.32 Å². The summed E-state index contributed by atoms with van der Waals surface area (Å²) < 4.78 is 13.8. The third-order valence-electron chi connectivity index (χ3n) is 2.65. The number of hydrogen-bond donors (Lipinski definition) is 1. The number of hydrogen-bond acceptors (Lipinski definition) is 1. The molecule has 1 aromatic rings. The van der Waals surface area contributed by atoms with Crippen molar-refractivity contribution in [2.45, 2.75) is 31.7 Å². The van der Waals surface area contributed by atoms with Gasteiger partial charge in [-0.3, -0.25) is 0 Å². The molecule has 3 heteroatoms. The van der Waals surface area contributed by atoms with E-state index in [-0.39, 0.29) is 5.82 Å². The molecular formula is C11H13FIN. The number of anilines is 1. The average Bonchev–Trinajstić information content (AvgIpc) is 2.62. The van der Waals surface area contributed by atoms with Gasteiger partial charge in [-0.25, -0.2) is 4.39 Å². The maximum absolute atomic E-state index is 12.8. The molecule has 0 atom stereocenters. The van der Waals surface area contributed by atoms with Gasteiger partial charge in [0.2, 0.25) is 0 Å². The quantitative estimate of drug-likeness (QED) is 0.820. The maximum Gasteiger partial charge on any atom is 0.124 e. The minimum absolute atomic E-state index is 0.161. The second kappa shape index (κ2) is 4.47. The van der Waals surface area contributed by atoms with Crippen LogP contribution in [0.5, 0.6) is 0 Å². The van der Waals surface area contributed by atoms with E-state index in [0.29, 0.717) is 6.04 Å². The highest BCUT2D eigenvalue weighted by atomic mass is 127. The van der Waals surface area contributed by atoms with Crippen molar-refractivity contribution in [3.05, 3.63) is 27.6 Å². The van der Waals surface area contributed by atoms with Crippen LogP contribution in [0.15, 0.2) is 18.2 Å². The smallest absolute Gasteiger partial charge is 0.124 e. The highest BCUT2D eigenvalue weighted by Crippen LogP contribution is 2.25. The van der Waals surface area contributed by atoms with Crippen LogP contribution in [0.1, 0.15) is 25.7 Å². The Morgan fingerprint density at radius 2 is 2.00 bits per heavy atom. The van der Waals surface area contributed by atoms with Gasteiger partial charge in [0.05, 0.1) is 0 Å². The molecule has 1 aliphatic rings. The topological polar surface area (TPSA) is 12.0 Å². The zero-order valence-corrected chi connectivity index (χ0v) is 10.1. The minimum atomic E-state index is -0.161. The Morgan fingerprint density at radius 3 is 2.64 bits per heavy atom. The van der Waals surface area contributed by atoms with Gasteiger partial charge in [-0.2, -0.15) is 0 Å². The zero-order chi connectivity index (χ0) is 9.97. The van der Waals surface area contributed by atoms with E-state index in [2.05, 4.69) is 27.9 Å². The maximum atomic E-state index is 12.8. The molecule has 1 saturated carbocycles. The number of benzene rings is 1. The van der Waals surface area contributed by atoms with Crippen LogP contribution in [0.4, 0.5) is 10.1 Å². The summed E-state index contributed by atoms with van der Waals surface area (Å²) in [4.78, 5) is 0. The molecule has 1 N–H and O–H groups in total. The first-order valence-electron chi connectivity index (χ1n) is 4.97. The molecule has 0 heterocycles. The van der Waals surface area contributed by atoms with E-state index in [1.165, 1.54) is 31.7 Å². The van der Waals surface area contributed by atoms with Gasteiger partial charge in [-0.15, -0.1) is 0 Å². The summed E-state index contributed by atoms with van der Waals surface area (Å²) in [6, 6.07) is 5.50. The summed E-state index contributed by atoms with van der Waals surface area (Å²) in [5.41, 5.74) is 1.07. The van der Waals surface area contributed by atoms with Crippen LogP contribution >= 0.6 is 22.6 Å². The summed E-state index contributed by atoms with van der Waals surface area (Å²) in [6.07, 6.45) is 5.12. The van der Waals surface area contributed by atoms with Gasteiger partial charge in [0.15, 0.2) is 0 Å². The van der Waals surface area contributed by atoms with Crippen molar-refractivity contribution in [1.82, 2.24) is 0 Å². The van der Waals surface area contributed by atoms with Crippen molar-refractivity contribution >= 4 is 28.3 Å². The lowest BCUT2D eigenvalue weighted by Crippen LogP contribution is -2.15. The third-order valence-corrected chi connectivity index (χ3v) is 3.54. The summed E-state index contributed by atoms with van der Waals surface area (Å²) in [6.45, 7) is 0. The fourth-order valence-electron chi connectivity index (χ4n) is 1.90. The van der Waals surface area contributed by atoms with Crippen molar-refractivity contribution in [3.8, 4) is 0 Å². The van der Waals surface area contributed by atoms with Crippen molar-refractivity contribution < 1.29 is 4.39 Å². The molecule has 2 rings (SSSR count). The summed E-state index contributed by atoms with van der Waals surface area (Å²) >= 11 is 2.17. The van der Waals surface area contributed by atoms with E-state index in [1.54, 1.807) is 6.07 Å². The minimum Gasteiger partial charge on any atom is -0.381 e. The summed E-state index contributed by atoms with van der Waals surface area (Å²) in [5.74, 6) is -0.161. The van der Waals surface area contributed by atoms with Crippen molar-refractivity contribution in [2.24, 2.45) is 0 Å². The molecule has 76 valence electrons. The van der Waals surface area contributed by atoms with Crippen LogP contribution in [0.2, 0.25) is 0 Å². The van der Waals surface area contributed by atoms with Crippen molar-refractivity contribution in [1.29, 1.82) is 0 Å². The monoisotopic (exact) mass is 305 g/mol. The first-order valence-corrected chi connectivity index (χ1v) is 6.05. The van der Waals surface area contributed by atoms with Crippen LogP contribution in [-0.2, 0) is 0 Å². The molecule has 0 aliphatic heterocycles. The molecule has 1 aromatic carbocycles. The second-order valence-corrected chi connectivity index (χ2v) is 4.91. The number of nitrogens with one attached hydrogen (secondary N) is 1. The molecule has 0 unspecified atom stereocenters. The molecule has 0 spiro atoms. The second-order valence-electron chi connectivity index (χ2n) is 3.75. The zero-order valence-electron chi connectivity index (χ0n) is 7.89. The highest BCUT2D eigenvalue weighted by Gasteiger charge is 2.15.